The van der Waals surface area contributed by atoms with Crippen molar-refractivity contribution >= 4 is 45.9 Å². The molecule has 2 aliphatic rings. The fraction of sp³-hybridized carbons (Fsp3) is 0.250. The van der Waals surface area contributed by atoms with Gasteiger partial charge in [-0.3, -0.25) is 14.5 Å². The third-order valence-electron chi connectivity index (χ3n) is 6.36. The van der Waals surface area contributed by atoms with Gasteiger partial charge < -0.3 is 24.1 Å². The molecule has 1 atom stereocenters. The molecule has 2 aliphatic heterocycles. The lowest BCUT2D eigenvalue weighted by Gasteiger charge is -2.23. The Morgan fingerprint density at radius 3 is 2.40 bits per heavy atom. The maximum absolute atomic E-state index is 13.5. The van der Waals surface area contributed by atoms with E-state index < -0.39 is 35.4 Å². The van der Waals surface area contributed by atoms with Crippen molar-refractivity contribution in [2.75, 3.05) is 31.8 Å². The molecule has 206 valence electrons. The van der Waals surface area contributed by atoms with Gasteiger partial charge in [-0.05, 0) is 49.7 Å². The zero-order valence-electron chi connectivity index (χ0n) is 21.8. The van der Waals surface area contributed by atoms with Gasteiger partial charge >= 0.3 is 17.8 Å². The minimum Gasteiger partial charge on any atom is -0.507 e. The first-order valence-electron chi connectivity index (χ1n) is 12.3. The fourth-order valence-corrected chi connectivity index (χ4v) is 5.47. The summed E-state index contributed by atoms with van der Waals surface area (Å²) in [6.45, 7) is 4.12. The Balaban J connectivity index is 1.66. The highest BCUT2D eigenvalue weighted by Gasteiger charge is 2.48. The number of carbonyl (C=O) groups is 4. The Morgan fingerprint density at radius 2 is 1.73 bits per heavy atom. The monoisotopic (exact) mass is 564 g/mol. The van der Waals surface area contributed by atoms with Gasteiger partial charge in [-0.25, -0.2) is 14.6 Å². The quantitative estimate of drug-likeness (QED) is 0.203. The van der Waals surface area contributed by atoms with E-state index in [1.54, 1.807) is 38.1 Å². The van der Waals surface area contributed by atoms with E-state index in [0.717, 1.165) is 16.2 Å². The van der Waals surface area contributed by atoms with E-state index in [1.165, 1.54) is 25.3 Å². The summed E-state index contributed by atoms with van der Waals surface area (Å²) in [6.07, 6.45) is 0. The van der Waals surface area contributed by atoms with Crippen LogP contribution in [0.25, 0.3) is 5.76 Å². The Bertz CT molecular complexity index is 1560. The molecule has 1 fully saturated rings. The zero-order valence-corrected chi connectivity index (χ0v) is 22.6. The molecule has 0 bridgehead atoms. The molecule has 11 nitrogen and oxygen atoms in total. The van der Waals surface area contributed by atoms with Gasteiger partial charge in [-0.2, -0.15) is 0 Å². The van der Waals surface area contributed by atoms with Gasteiger partial charge in [-0.15, -0.1) is 0 Å². The zero-order chi connectivity index (χ0) is 28.6. The van der Waals surface area contributed by atoms with Crippen molar-refractivity contribution in [3.05, 3.63) is 75.3 Å². The number of anilines is 1. The molecule has 0 saturated carbocycles. The first kappa shape index (κ1) is 26.9. The van der Waals surface area contributed by atoms with E-state index in [-0.39, 0.29) is 33.3 Å². The molecule has 1 N–H and O–H groups in total. The van der Waals surface area contributed by atoms with E-state index in [1.807, 2.05) is 0 Å². The summed E-state index contributed by atoms with van der Waals surface area (Å²) in [5, 5.41) is 11.5. The van der Waals surface area contributed by atoms with E-state index in [9.17, 15) is 24.3 Å². The number of esters is 2. The standard InChI is InChI=1S/C28H24N2O9S/c1-4-37-27(35)24-14(2)29-28(40-24)30-21(15-5-7-16(8-6-15)26(34)36-3)20(23(32)25(30)33)22(31)17-9-10-18-19(13-17)39-12-11-38-18/h5-10,13,21,31H,4,11-12H2,1-3H3/t21-/m1/s1. The highest BCUT2D eigenvalue weighted by molar-refractivity contribution is 7.17. The fourth-order valence-electron chi connectivity index (χ4n) is 4.48. The van der Waals surface area contributed by atoms with Crippen LogP contribution in [0.15, 0.2) is 48.0 Å². The van der Waals surface area contributed by atoms with Crippen molar-refractivity contribution in [1.82, 2.24) is 4.98 Å². The van der Waals surface area contributed by atoms with E-state index >= 15 is 0 Å². The Labute approximate surface area is 232 Å². The van der Waals surface area contributed by atoms with Gasteiger partial charge in [0.25, 0.3) is 5.78 Å². The van der Waals surface area contributed by atoms with Crippen LogP contribution < -0.4 is 14.4 Å². The molecule has 1 aromatic heterocycles. The highest BCUT2D eigenvalue weighted by Crippen LogP contribution is 2.44. The van der Waals surface area contributed by atoms with Crippen LogP contribution in [-0.2, 0) is 19.1 Å². The average molecular weight is 565 g/mol. The van der Waals surface area contributed by atoms with Crippen LogP contribution in [0.1, 0.15) is 49.8 Å². The number of fused-ring (bicyclic) bond motifs is 1. The molecule has 5 rings (SSSR count). The molecule has 0 unspecified atom stereocenters. The molecule has 1 saturated heterocycles. The largest absolute Gasteiger partial charge is 0.507 e. The average Bonchev–Trinajstić information content (AvgIpc) is 3.48. The Morgan fingerprint density at radius 1 is 1.05 bits per heavy atom. The number of hydrogen-bond donors (Lipinski definition) is 1. The predicted molar refractivity (Wildman–Crippen MR) is 143 cm³/mol. The summed E-state index contributed by atoms with van der Waals surface area (Å²) in [5.41, 5.74) is 1.03. The summed E-state index contributed by atoms with van der Waals surface area (Å²) in [6, 6.07) is 9.65. The second-order valence-corrected chi connectivity index (χ2v) is 9.75. The van der Waals surface area contributed by atoms with E-state index in [2.05, 4.69) is 4.98 Å². The molecule has 3 heterocycles. The van der Waals surface area contributed by atoms with Crippen LogP contribution in [0.5, 0.6) is 11.5 Å². The third-order valence-corrected chi connectivity index (χ3v) is 7.50. The summed E-state index contributed by atoms with van der Waals surface area (Å²) >= 11 is 0.901. The number of ketones is 1. The van der Waals surface area contributed by atoms with Crippen molar-refractivity contribution in [2.45, 2.75) is 19.9 Å². The van der Waals surface area contributed by atoms with E-state index in [0.29, 0.717) is 36.0 Å². The topological polar surface area (TPSA) is 142 Å². The number of nitrogens with zero attached hydrogens (tertiary/aromatic N) is 2. The lowest BCUT2D eigenvalue weighted by Crippen LogP contribution is -2.29. The number of aliphatic hydroxyl groups excluding tert-OH is 1. The lowest BCUT2D eigenvalue weighted by atomic mass is 9.94. The van der Waals surface area contributed by atoms with Gasteiger partial charge in [0.05, 0.1) is 36.6 Å². The van der Waals surface area contributed by atoms with E-state index in [4.69, 9.17) is 18.9 Å². The van der Waals surface area contributed by atoms with Gasteiger partial charge in [0.2, 0.25) is 0 Å². The first-order valence-corrected chi connectivity index (χ1v) is 13.1. The number of carbonyl (C=O) groups excluding carboxylic acids is 4. The summed E-state index contributed by atoms with van der Waals surface area (Å²) < 4.78 is 21.0. The number of aryl methyl sites for hydroxylation is 1. The third kappa shape index (κ3) is 4.66. The number of aromatic nitrogens is 1. The van der Waals surface area contributed by atoms with Gasteiger partial charge in [-0.1, -0.05) is 23.5 Å². The molecular weight excluding hydrogens is 540 g/mol. The number of methoxy groups -OCH3 is 1. The van der Waals surface area contributed by atoms with Crippen LogP contribution in [0, 0.1) is 6.92 Å². The van der Waals surface area contributed by atoms with Crippen LogP contribution in [-0.4, -0.2) is 60.6 Å². The normalized spacial score (nSPS) is 17.6. The maximum Gasteiger partial charge on any atom is 0.350 e. The summed E-state index contributed by atoms with van der Waals surface area (Å²) in [7, 11) is 1.25. The maximum atomic E-state index is 13.5. The molecule has 0 radical (unpaired) electrons. The van der Waals surface area contributed by atoms with Crippen LogP contribution in [0.4, 0.5) is 5.13 Å². The molecular formula is C28H24N2O9S. The van der Waals surface area contributed by atoms with Crippen LogP contribution >= 0.6 is 11.3 Å². The molecule has 3 aromatic rings. The van der Waals surface area contributed by atoms with Crippen LogP contribution in [0.3, 0.4) is 0 Å². The summed E-state index contributed by atoms with van der Waals surface area (Å²) in [5.74, 6) is -2.60. The SMILES string of the molecule is CCOC(=O)c1sc(N2C(=O)C(=O)C(=C(O)c3ccc4c(c3)OCCO4)[C@H]2c2ccc(C(=O)OC)cc2)nc1C. The number of amides is 1. The number of hydrogen-bond acceptors (Lipinski definition) is 11. The number of thiazole rings is 1. The van der Waals surface area contributed by atoms with Crippen LogP contribution in [0.2, 0.25) is 0 Å². The number of benzene rings is 2. The molecule has 0 aliphatic carbocycles. The Kier molecular flexibility index (Phi) is 7.26. The summed E-state index contributed by atoms with van der Waals surface area (Å²) in [4.78, 5) is 57.1. The van der Waals surface area contributed by atoms with Crippen molar-refractivity contribution in [1.29, 1.82) is 0 Å². The highest BCUT2D eigenvalue weighted by atomic mass is 32.1. The van der Waals surface area contributed by atoms with Crippen molar-refractivity contribution in [2.24, 2.45) is 0 Å². The molecule has 0 spiro atoms. The minimum atomic E-state index is -1.12. The second kappa shape index (κ2) is 10.8. The van der Waals surface area contributed by atoms with Gasteiger partial charge in [0.1, 0.15) is 23.9 Å². The van der Waals surface area contributed by atoms with Gasteiger partial charge in [0.15, 0.2) is 16.6 Å². The van der Waals surface area contributed by atoms with Gasteiger partial charge in [0, 0.05) is 5.56 Å². The molecule has 12 heteroatoms. The molecule has 2 aromatic carbocycles. The number of Topliss-reactive ketones (excluding diaryl/α,β-unsaturated/α-hetero) is 1. The lowest BCUT2D eigenvalue weighted by molar-refractivity contribution is -0.132. The van der Waals surface area contributed by atoms with Crippen molar-refractivity contribution in [3.63, 3.8) is 0 Å². The van der Waals surface area contributed by atoms with Crippen molar-refractivity contribution in [3.8, 4) is 11.5 Å². The molecule has 1 amide bonds. The number of aliphatic hydroxyl groups is 1. The number of ether oxygens (including phenoxy) is 4. The Hall–Kier alpha value is -4.71. The van der Waals surface area contributed by atoms with Crippen molar-refractivity contribution < 1.29 is 43.2 Å². The first-order chi connectivity index (χ1) is 19.2. The second-order valence-electron chi connectivity index (χ2n) is 8.77. The number of rotatable bonds is 6. The molecule has 40 heavy (non-hydrogen) atoms. The minimum absolute atomic E-state index is 0.0749. The predicted octanol–water partition coefficient (Wildman–Crippen LogP) is 3.81. The smallest absolute Gasteiger partial charge is 0.350 e.